The second-order valence-corrected chi connectivity index (χ2v) is 6.83. The summed E-state index contributed by atoms with van der Waals surface area (Å²) >= 11 is 5.23. The van der Waals surface area contributed by atoms with Crippen LogP contribution in [0.2, 0.25) is 0 Å². The normalized spacial score (nSPS) is 12.5. The zero-order chi connectivity index (χ0) is 14.8. The molecule has 0 aliphatic heterocycles. The van der Waals surface area contributed by atoms with E-state index in [1.54, 1.807) is 11.3 Å². The molecule has 2 N–H and O–H groups in total. The fraction of sp³-hybridized carbons (Fsp3) is 0.176. The van der Waals surface area contributed by atoms with Gasteiger partial charge in [0.25, 0.3) is 0 Å². The molecule has 0 radical (unpaired) electrons. The Hall–Kier alpha value is -1.36. The number of nitrogens with two attached hydrogens (primary N) is 1. The second-order valence-electron chi connectivity index (χ2n) is 4.97. The standard InChI is InChI=1S/C17H16BrNOS/c1-11(19)13-7-6-12-4-2-3-5-14(12)17(13)20-10-16-15(18)8-9-21-16/h2-9,11H,10,19H2,1H3/t11-/m1/s1. The molecular formula is C17H16BrNOS. The van der Waals surface area contributed by atoms with Crippen molar-refractivity contribution in [1.82, 2.24) is 0 Å². The van der Waals surface area contributed by atoms with E-state index in [2.05, 4.69) is 45.6 Å². The molecule has 0 bridgehead atoms. The average Bonchev–Trinajstić information content (AvgIpc) is 2.89. The van der Waals surface area contributed by atoms with Gasteiger partial charge in [-0.05, 0) is 39.7 Å². The molecule has 3 aromatic rings. The van der Waals surface area contributed by atoms with Gasteiger partial charge in [0.15, 0.2) is 0 Å². The summed E-state index contributed by atoms with van der Waals surface area (Å²) in [6.07, 6.45) is 0. The third-order valence-corrected chi connectivity index (χ3v) is 5.34. The van der Waals surface area contributed by atoms with Gasteiger partial charge in [-0.1, -0.05) is 36.4 Å². The van der Waals surface area contributed by atoms with E-state index in [-0.39, 0.29) is 6.04 Å². The van der Waals surface area contributed by atoms with Crippen molar-refractivity contribution in [2.45, 2.75) is 19.6 Å². The maximum Gasteiger partial charge on any atom is 0.132 e. The van der Waals surface area contributed by atoms with Crippen molar-refractivity contribution in [3.05, 3.63) is 62.8 Å². The van der Waals surface area contributed by atoms with E-state index < -0.39 is 0 Å². The van der Waals surface area contributed by atoms with Gasteiger partial charge >= 0.3 is 0 Å². The molecular weight excluding hydrogens is 346 g/mol. The van der Waals surface area contributed by atoms with Gasteiger partial charge in [0, 0.05) is 21.5 Å². The Morgan fingerprint density at radius 1 is 1.19 bits per heavy atom. The molecule has 0 aliphatic carbocycles. The van der Waals surface area contributed by atoms with Crippen molar-refractivity contribution < 1.29 is 4.74 Å². The summed E-state index contributed by atoms with van der Waals surface area (Å²) in [6, 6.07) is 14.4. The van der Waals surface area contributed by atoms with Crippen LogP contribution in [0.3, 0.4) is 0 Å². The van der Waals surface area contributed by atoms with Crippen molar-refractivity contribution in [2.75, 3.05) is 0 Å². The van der Waals surface area contributed by atoms with Crippen LogP contribution in [0, 0.1) is 0 Å². The van der Waals surface area contributed by atoms with Gasteiger partial charge in [-0.2, -0.15) is 0 Å². The maximum atomic E-state index is 6.14. The molecule has 108 valence electrons. The lowest BCUT2D eigenvalue weighted by molar-refractivity contribution is 0.308. The molecule has 0 saturated carbocycles. The van der Waals surface area contributed by atoms with Crippen molar-refractivity contribution in [3.8, 4) is 5.75 Å². The predicted molar refractivity (Wildman–Crippen MR) is 92.9 cm³/mol. The number of hydrogen-bond donors (Lipinski definition) is 1. The van der Waals surface area contributed by atoms with Crippen LogP contribution < -0.4 is 10.5 Å². The highest BCUT2D eigenvalue weighted by Crippen LogP contribution is 2.34. The minimum atomic E-state index is -0.0589. The quantitative estimate of drug-likeness (QED) is 0.687. The summed E-state index contributed by atoms with van der Waals surface area (Å²) in [5, 5.41) is 4.33. The fourth-order valence-electron chi connectivity index (χ4n) is 2.35. The van der Waals surface area contributed by atoms with Crippen LogP contribution in [-0.4, -0.2) is 0 Å². The SMILES string of the molecule is C[C@@H](N)c1ccc2ccccc2c1OCc1sccc1Br. The van der Waals surface area contributed by atoms with Gasteiger partial charge in [0.1, 0.15) is 12.4 Å². The second kappa shape index (κ2) is 6.18. The van der Waals surface area contributed by atoms with Crippen molar-refractivity contribution in [1.29, 1.82) is 0 Å². The van der Waals surface area contributed by atoms with Gasteiger partial charge in [-0.25, -0.2) is 0 Å². The van der Waals surface area contributed by atoms with Crippen molar-refractivity contribution >= 4 is 38.0 Å². The predicted octanol–water partition coefficient (Wildman–Crippen LogP) is 5.26. The lowest BCUT2D eigenvalue weighted by atomic mass is 10.0. The highest BCUT2D eigenvalue weighted by Gasteiger charge is 2.13. The van der Waals surface area contributed by atoms with Gasteiger partial charge in [0.2, 0.25) is 0 Å². The topological polar surface area (TPSA) is 35.2 Å². The van der Waals surface area contributed by atoms with E-state index in [1.807, 2.05) is 25.1 Å². The molecule has 0 saturated heterocycles. The van der Waals surface area contributed by atoms with E-state index in [1.165, 1.54) is 10.3 Å². The lowest BCUT2D eigenvalue weighted by Gasteiger charge is -2.16. The van der Waals surface area contributed by atoms with Crippen LogP contribution in [0.4, 0.5) is 0 Å². The van der Waals surface area contributed by atoms with Crippen LogP contribution in [0.15, 0.2) is 52.3 Å². The molecule has 21 heavy (non-hydrogen) atoms. The minimum Gasteiger partial charge on any atom is -0.487 e. The van der Waals surface area contributed by atoms with Gasteiger partial charge in [0.05, 0.1) is 4.88 Å². The Kier molecular flexibility index (Phi) is 4.29. The minimum absolute atomic E-state index is 0.0589. The molecule has 0 aliphatic rings. The number of halogens is 1. The molecule has 0 fully saturated rings. The van der Waals surface area contributed by atoms with Gasteiger partial charge in [-0.3, -0.25) is 0 Å². The van der Waals surface area contributed by atoms with Crippen molar-refractivity contribution in [2.24, 2.45) is 5.73 Å². The molecule has 0 unspecified atom stereocenters. The Bertz CT molecular complexity index is 766. The average molecular weight is 362 g/mol. The van der Waals surface area contributed by atoms with Gasteiger partial charge in [-0.15, -0.1) is 11.3 Å². The zero-order valence-electron chi connectivity index (χ0n) is 11.7. The Morgan fingerprint density at radius 3 is 2.71 bits per heavy atom. The third kappa shape index (κ3) is 2.98. The number of hydrogen-bond acceptors (Lipinski definition) is 3. The molecule has 3 rings (SSSR count). The van der Waals surface area contributed by atoms with Crippen LogP contribution in [0.5, 0.6) is 5.75 Å². The monoisotopic (exact) mass is 361 g/mol. The summed E-state index contributed by atoms with van der Waals surface area (Å²) in [4.78, 5) is 1.18. The number of benzene rings is 2. The lowest BCUT2D eigenvalue weighted by Crippen LogP contribution is -2.08. The summed E-state index contributed by atoms with van der Waals surface area (Å²) in [5.74, 6) is 0.892. The molecule has 2 nitrogen and oxygen atoms in total. The van der Waals surface area contributed by atoms with Crippen LogP contribution in [0.1, 0.15) is 23.4 Å². The first-order valence-electron chi connectivity index (χ1n) is 6.78. The van der Waals surface area contributed by atoms with Crippen LogP contribution in [-0.2, 0) is 6.61 Å². The van der Waals surface area contributed by atoms with E-state index in [4.69, 9.17) is 10.5 Å². The van der Waals surface area contributed by atoms with E-state index in [0.717, 1.165) is 21.2 Å². The smallest absolute Gasteiger partial charge is 0.132 e. The van der Waals surface area contributed by atoms with Crippen LogP contribution in [0.25, 0.3) is 10.8 Å². The van der Waals surface area contributed by atoms with E-state index >= 15 is 0 Å². The van der Waals surface area contributed by atoms with Gasteiger partial charge < -0.3 is 10.5 Å². The Labute approximate surface area is 136 Å². The third-order valence-electron chi connectivity index (χ3n) is 3.44. The van der Waals surface area contributed by atoms with E-state index in [0.29, 0.717) is 6.61 Å². The molecule has 1 atom stereocenters. The first-order valence-corrected chi connectivity index (χ1v) is 8.46. The molecule has 2 aromatic carbocycles. The zero-order valence-corrected chi connectivity index (χ0v) is 14.1. The maximum absolute atomic E-state index is 6.14. The molecule has 1 heterocycles. The number of fused-ring (bicyclic) bond motifs is 1. The largest absolute Gasteiger partial charge is 0.487 e. The summed E-state index contributed by atoms with van der Waals surface area (Å²) in [6.45, 7) is 2.53. The number of rotatable bonds is 4. The first kappa shape index (κ1) is 14.6. The number of thiophene rings is 1. The van der Waals surface area contributed by atoms with E-state index in [9.17, 15) is 0 Å². The first-order chi connectivity index (χ1) is 10.2. The number of ether oxygens (including phenoxy) is 1. The Balaban J connectivity index is 2.02. The summed E-state index contributed by atoms with van der Waals surface area (Å²) < 4.78 is 7.23. The summed E-state index contributed by atoms with van der Waals surface area (Å²) in [7, 11) is 0. The molecule has 0 amide bonds. The Morgan fingerprint density at radius 2 is 2.00 bits per heavy atom. The fourth-order valence-corrected chi connectivity index (χ4v) is 3.72. The molecule has 0 spiro atoms. The van der Waals surface area contributed by atoms with Crippen molar-refractivity contribution in [3.63, 3.8) is 0 Å². The summed E-state index contributed by atoms with van der Waals surface area (Å²) in [5.41, 5.74) is 7.14. The molecule has 4 heteroatoms. The highest BCUT2D eigenvalue weighted by atomic mass is 79.9. The van der Waals surface area contributed by atoms with Crippen LogP contribution >= 0.6 is 27.3 Å². The highest BCUT2D eigenvalue weighted by molar-refractivity contribution is 9.10. The molecule has 1 aromatic heterocycles.